The van der Waals surface area contributed by atoms with E-state index in [9.17, 15) is 0 Å². The Hall–Kier alpha value is -8.00. The van der Waals surface area contributed by atoms with Crippen molar-refractivity contribution in [2.24, 2.45) is 23.7 Å². The summed E-state index contributed by atoms with van der Waals surface area (Å²) in [6.45, 7) is 4.88. The molecule has 10 aromatic rings. The fourth-order valence-corrected chi connectivity index (χ4v) is 17.0. The minimum absolute atomic E-state index is 0.0318. The number of hydrogen-bond donors (Lipinski definition) is 0. The van der Waals surface area contributed by atoms with E-state index in [4.69, 9.17) is 0 Å². The van der Waals surface area contributed by atoms with Gasteiger partial charge in [-0.1, -0.05) is 220 Å². The molecule has 360 valence electrons. The van der Waals surface area contributed by atoms with Crippen LogP contribution in [0.15, 0.2) is 237 Å². The lowest BCUT2D eigenvalue weighted by atomic mass is 9.43. The summed E-state index contributed by atoms with van der Waals surface area (Å²) < 4.78 is 0. The van der Waals surface area contributed by atoms with Gasteiger partial charge in [0.15, 0.2) is 0 Å². The van der Waals surface area contributed by atoms with Crippen molar-refractivity contribution in [3.05, 3.63) is 281 Å². The quantitative estimate of drug-likeness (QED) is 0.161. The van der Waals surface area contributed by atoms with Crippen LogP contribution in [0.2, 0.25) is 0 Å². The van der Waals surface area contributed by atoms with Crippen LogP contribution in [0, 0.1) is 23.7 Å². The van der Waals surface area contributed by atoms with E-state index in [0.29, 0.717) is 11.8 Å². The highest BCUT2D eigenvalue weighted by Gasteiger charge is 2.62. The van der Waals surface area contributed by atoms with E-state index in [1.54, 1.807) is 11.1 Å². The van der Waals surface area contributed by atoms with Crippen LogP contribution in [0.4, 0.5) is 17.1 Å². The van der Waals surface area contributed by atoms with Crippen molar-refractivity contribution in [1.82, 2.24) is 0 Å². The molecule has 0 aliphatic heterocycles. The van der Waals surface area contributed by atoms with Gasteiger partial charge in [-0.05, 0) is 175 Å². The molecule has 7 aliphatic rings. The highest BCUT2D eigenvalue weighted by Crippen LogP contribution is 2.70. The minimum Gasteiger partial charge on any atom is -0.309 e. The molecule has 1 nitrogen and oxygen atoms in total. The van der Waals surface area contributed by atoms with Crippen LogP contribution in [0.5, 0.6) is 0 Å². The zero-order valence-corrected chi connectivity index (χ0v) is 42.8. The average Bonchev–Trinajstić information content (AvgIpc) is 4.13. The molecule has 4 fully saturated rings. The molecule has 0 N–H and O–H groups in total. The van der Waals surface area contributed by atoms with Gasteiger partial charge >= 0.3 is 0 Å². The largest absolute Gasteiger partial charge is 0.309 e. The molecule has 0 heterocycles. The number of hydrogen-bond acceptors (Lipinski definition) is 1. The topological polar surface area (TPSA) is 3.24 Å². The number of anilines is 3. The molecule has 10 aromatic carbocycles. The van der Waals surface area contributed by atoms with Crippen LogP contribution >= 0.6 is 0 Å². The summed E-state index contributed by atoms with van der Waals surface area (Å²) in [5.74, 6) is 3.08. The van der Waals surface area contributed by atoms with Crippen LogP contribution < -0.4 is 4.90 Å². The van der Waals surface area contributed by atoms with Crippen LogP contribution in [0.1, 0.15) is 90.5 Å². The van der Waals surface area contributed by atoms with Gasteiger partial charge in [-0.2, -0.15) is 0 Å². The molecule has 2 spiro atoms. The van der Waals surface area contributed by atoms with E-state index in [-0.39, 0.29) is 10.8 Å². The number of nitrogens with zero attached hydrogens (tertiary/aromatic N) is 1. The third kappa shape index (κ3) is 5.90. The van der Waals surface area contributed by atoms with E-state index in [2.05, 4.69) is 255 Å². The number of rotatable bonds is 6. The molecule has 7 aliphatic carbocycles. The van der Waals surface area contributed by atoms with Crippen LogP contribution in [-0.2, 0) is 16.2 Å². The molecule has 0 aromatic heterocycles. The molecule has 75 heavy (non-hydrogen) atoms. The summed E-state index contributed by atoms with van der Waals surface area (Å²) in [6.07, 6.45) is 6.86. The lowest BCUT2D eigenvalue weighted by molar-refractivity contribution is -0.0399. The van der Waals surface area contributed by atoms with E-state index >= 15 is 0 Å². The predicted octanol–water partition coefficient (Wildman–Crippen LogP) is 18.9. The molecule has 1 atom stereocenters. The van der Waals surface area contributed by atoms with Gasteiger partial charge in [0.05, 0.1) is 16.8 Å². The summed E-state index contributed by atoms with van der Waals surface area (Å²) in [4.78, 5) is 2.68. The molecule has 1 heteroatoms. The first-order chi connectivity index (χ1) is 36.9. The first kappa shape index (κ1) is 43.4. The molecule has 0 saturated heterocycles. The first-order valence-corrected chi connectivity index (χ1v) is 27.8. The molecule has 4 bridgehead atoms. The normalized spacial score (nSPS) is 23.3. The zero-order chi connectivity index (χ0) is 49.6. The maximum atomic E-state index is 2.70. The van der Waals surface area contributed by atoms with Gasteiger partial charge in [0.1, 0.15) is 0 Å². The van der Waals surface area contributed by atoms with E-state index in [1.165, 1.54) is 138 Å². The van der Waals surface area contributed by atoms with E-state index in [1.807, 2.05) is 0 Å². The highest BCUT2D eigenvalue weighted by atomic mass is 15.1. The van der Waals surface area contributed by atoms with Crippen LogP contribution in [0.25, 0.3) is 55.6 Å². The van der Waals surface area contributed by atoms with Gasteiger partial charge in [0.25, 0.3) is 0 Å². The smallest absolute Gasteiger partial charge is 0.0720 e. The summed E-state index contributed by atoms with van der Waals surface area (Å²) >= 11 is 0. The van der Waals surface area contributed by atoms with E-state index < -0.39 is 5.41 Å². The van der Waals surface area contributed by atoms with Gasteiger partial charge in [0, 0.05) is 27.6 Å². The molecule has 17 rings (SSSR count). The monoisotopic (exact) mass is 961 g/mol. The molecular formula is C74H59N. The summed E-state index contributed by atoms with van der Waals surface area (Å²) in [5, 5.41) is 0. The molecular weight excluding hydrogens is 903 g/mol. The Balaban J connectivity index is 0.966. The van der Waals surface area contributed by atoms with Gasteiger partial charge in [-0.3, -0.25) is 0 Å². The molecule has 0 amide bonds. The van der Waals surface area contributed by atoms with Crippen molar-refractivity contribution in [3.8, 4) is 55.6 Å². The predicted molar refractivity (Wildman–Crippen MR) is 310 cm³/mol. The van der Waals surface area contributed by atoms with Gasteiger partial charge in [-0.15, -0.1) is 0 Å². The minimum atomic E-state index is -0.554. The maximum absolute atomic E-state index is 2.70. The SMILES string of the molecule is CC1(C)c2ccccc2C2(c3ccccc3-c3c(N(c4ccc5c(c4)C4(c6ccccc6-5)C5CC6CC(C5)CC4C6)c4ccccc4-c4ccc(-c5ccccc5)cc4)cccc32)c2ccc(-c3ccccc3)cc21. The second kappa shape index (κ2) is 16.0. The highest BCUT2D eigenvalue weighted by molar-refractivity contribution is 6.01. The van der Waals surface area contributed by atoms with Crippen molar-refractivity contribution in [3.63, 3.8) is 0 Å². The second-order valence-corrected chi connectivity index (χ2v) is 23.5. The Kier molecular flexibility index (Phi) is 9.26. The van der Waals surface area contributed by atoms with Crippen molar-refractivity contribution in [2.45, 2.75) is 62.2 Å². The van der Waals surface area contributed by atoms with Crippen LogP contribution in [-0.4, -0.2) is 0 Å². The first-order valence-electron chi connectivity index (χ1n) is 27.8. The fourth-order valence-electron chi connectivity index (χ4n) is 17.0. The van der Waals surface area contributed by atoms with Crippen molar-refractivity contribution < 1.29 is 0 Å². The third-order valence-corrected chi connectivity index (χ3v) is 19.7. The Labute approximate surface area is 442 Å². The average molecular weight is 962 g/mol. The summed E-state index contributed by atoms with van der Waals surface area (Å²) in [5.41, 5.74) is 27.1. The molecule has 4 saturated carbocycles. The molecule has 1 unspecified atom stereocenters. The molecule has 0 radical (unpaired) electrons. The van der Waals surface area contributed by atoms with E-state index in [0.717, 1.165) is 11.8 Å². The van der Waals surface area contributed by atoms with Gasteiger partial charge in [0.2, 0.25) is 0 Å². The number of benzene rings is 10. The Bertz CT molecular complexity index is 3910. The maximum Gasteiger partial charge on any atom is 0.0720 e. The standard InChI is InChI=1S/C74H59N/c1-72(2)63-27-14-15-28-64(63)74(65-39-36-53(45-68(65)72)50-20-7-4-8-21-50)62-26-13-10-24-60(62)71-66(74)29-17-31-70(71)75(69-30-16-11-22-57(69)52-34-32-51(33-35-52)49-18-5-3-6-19-49)56-37-38-59-58-23-9-12-25-61(58)73(67(59)46-56)54-41-47-40-48(43-54)44-55(73)42-47/h3-39,45-48,54-55H,40-44H2,1-2H3. The number of fused-ring (bicyclic) bond motifs is 12. The Morgan fingerprint density at radius 1 is 0.320 bits per heavy atom. The fraction of sp³-hybridized carbons (Fsp3) is 0.189. The van der Waals surface area contributed by atoms with Crippen molar-refractivity contribution >= 4 is 17.1 Å². The van der Waals surface area contributed by atoms with Crippen LogP contribution in [0.3, 0.4) is 0 Å². The van der Waals surface area contributed by atoms with Gasteiger partial charge in [-0.25, -0.2) is 0 Å². The number of para-hydroxylation sites is 1. The van der Waals surface area contributed by atoms with Gasteiger partial charge < -0.3 is 4.90 Å². The lowest BCUT2D eigenvalue weighted by Gasteiger charge is -2.61. The van der Waals surface area contributed by atoms with Crippen molar-refractivity contribution in [1.29, 1.82) is 0 Å². The second-order valence-electron chi connectivity index (χ2n) is 23.5. The Morgan fingerprint density at radius 3 is 1.55 bits per heavy atom. The summed E-state index contributed by atoms with van der Waals surface area (Å²) in [6, 6.07) is 90.9. The third-order valence-electron chi connectivity index (χ3n) is 19.7. The zero-order valence-electron chi connectivity index (χ0n) is 42.8. The van der Waals surface area contributed by atoms with Crippen molar-refractivity contribution in [2.75, 3.05) is 4.90 Å². The summed E-state index contributed by atoms with van der Waals surface area (Å²) in [7, 11) is 0. The Morgan fingerprint density at radius 2 is 0.827 bits per heavy atom. The lowest BCUT2D eigenvalue weighted by Crippen LogP contribution is -2.55.